The number of aliphatic hydroxyl groups excluding tert-OH is 1. The molecule has 0 saturated heterocycles. The molecule has 12 bridgehead atoms. The van der Waals surface area contributed by atoms with Crippen LogP contribution in [0.15, 0.2) is 209 Å². The Balaban J connectivity index is 0.000000149. The summed E-state index contributed by atoms with van der Waals surface area (Å²) in [6, 6.07) is 65.1. The number of aryl methyl sites for hydroxylation is 12. The number of carbonyl (C=O) groups excluding carboxylic acids is 1. The van der Waals surface area contributed by atoms with E-state index in [4.69, 9.17) is 9.47 Å². The molecule has 0 aliphatic heterocycles. The first kappa shape index (κ1) is 59.4. The lowest BCUT2D eigenvalue weighted by Crippen LogP contribution is -2.33. The van der Waals surface area contributed by atoms with Gasteiger partial charge in [0, 0.05) is 26.8 Å². The van der Waals surface area contributed by atoms with Crippen molar-refractivity contribution < 1.29 is 19.4 Å². The summed E-state index contributed by atoms with van der Waals surface area (Å²) in [7, 11) is 1.44. The van der Waals surface area contributed by atoms with E-state index in [0.717, 1.165) is 119 Å². The van der Waals surface area contributed by atoms with Crippen molar-refractivity contribution in [2.24, 2.45) is 0 Å². The van der Waals surface area contributed by atoms with Gasteiger partial charge in [-0.3, -0.25) is 0 Å². The summed E-state index contributed by atoms with van der Waals surface area (Å²) in [5, 5.41) is 9.59. The van der Waals surface area contributed by atoms with Crippen molar-refractivity contribution in [2.45, 2.75) is 95.9 Å². The Labute approximate surface area is 527 Å². The number of carbonyl (C=O) groups is 1. The maximum atomic E-state index is 12.1. The molecule has 0 radical (unpaired) electrons. The summed E-state index contributed by atoms with van der Waals surface area (Å²) in [6.07, 6.45) is 11.4. The van der Waals surface area contributed by atoms with Crippen LogP contribution in [0.3, 0.4) is 0 Å². The van der Waals surface area contributed by atoms with E-state index in [0.29, 0.717) is 12.2 Å². The van der Waals surface area contributed by atoms with Gasteiger partial charge in [0.1, 0.15) is 5.60 Å². The smallest absolute Gasteiger partial charge is 0.338 e. The molecule has 9 aromatic rings. The van der Waals surface area contributed by atoms with Gasteiger partial charge < -0.3 is 14.6 Å². The van der Waals surface area contributed by atoms with Crippen molar-refractivity contribution in [3.63, 3.8) is 0 Å². The highest BCUT2D eigenvalue weighted by Crippen LogP contribution is 2.42. The molecule has 4 nitrogen and oxygen atoms in total. The Morgan fingerprint density at radius 1 is 0.383 bits per heavy atom. The van der Waals surface area contributed by atoms with Crippen LogP contribution >= 0.6 is 95.6 Å². The minimum atomic E-state index is -0.738. The predicted molar refractivity (Wildman–Crippen MR) is 351 cm³/mol. The van der Waals surface area contributed by atoms with Gasteiger partial charge in [-0.15, -0.1) is 0 Å². The van der Waals surface area contributed by atoms with Gasteiger partial charge in [0.2, 0.25) is 0 Å². The lowest BCUT2D eigenvalue weighted by Gasteiger charge is -2.36. The fraction of sp³-hybridized carbons (Fsp3) is 0.225. The van der Waals surface area contributed by atoms with Crippen molar-refractivity contribution in [3.05, 3.63) is 309 Å². The largest absolute Gasteiger partial charge is 0.465 e. The molecular weight excluding hydrogens is 1400 g/mol. The number of methoxy groups -OCH3 is 1. The molecule has 10 heteroatoms. The third-order valence-electron chi connectivity index (χ3n) is 16.0. The van der Waals surface area contributed by atoms with E-state index in [1.54, 1.807) is 0 Å². The van der Waals surface area contributed by atoms with Crippen molar-refractivity contribution in [1.82, 2.24) is 0 Å². The van der Waals surface area contributed by atoms with Crippen LogP contribution in [0.2, 0.25) is 0 Å². The van der Waals surface area contributed by atoms with Crippen LogP contribution in [-0.4, -0.2) is 18.2 Å². The van der Waals surface area contributed by atoms with Gasteiger partial charge in [-0.05, 0) is 214 Å². The Bertz CT molecular complexity index is 3580. The van der Waals surface area contributed by atoms with Gasteiger partial charge in [0.15, 0.2) is 0 Å². The molecule has 81 heavy (non-hydrogen) atoms. The van der Waals surface area contributed by atoms with Crippen molar-refractivity contribution in [1.29, 1.82) is 0 Å². The van der Waals surface area contributed by atoms with Gasteiger partial charge in [-0.25, -0.2) is 4.79 Å². The predicted octanol–water partition coefficient (Wildman–Crippen LogP) is 19.1. The van der Waals surface area contributed by atoms with E-state index < -0.39 is 5.60 Å². The zero-order valence-corrected chi connectivity index (χ0v) is 54.7. The zero-order chi connectivity index (χ0) is 56.5. The summed E-state index contributed by atoms with van der Waals surface area (Å²) in [6.45, 7) is 0.626. The van der Waals surface area contributed by atoms with Crippen LogP contribution in [0.4, 0.5) is 0 Å². The number of aliphatic hydroxyl groups is 1. The zero-order valence-electron chi connectivity index (χ0n) is 45.2. The van der Waals surface area contributed by atoms with Crippen LogP contribution in [0, 0.1) is 0 Å². The second kappa shape index (κ2) is 27.8. The van der Waals surface area contributed by atoms with E-state index in [-0.39, 0.29) is 12.6 Å². The molecule has 0 saturated carbocycles. The number of halogens is 6. The molecule has 0 atom stereocenters. The molecular formula is C71H62Br6O4. The Morgan fingerprint density at radius 3 is 1.11 bits per heavy atom. The lowest BCUT2D eigenvalue weighted by atomic mass is 9.80. The summed E-state index contributed by atoms with van der Waals surface area (Å²) in [5.74, 6) is -0.256. The van der Waals surface area contributed by atoms with Gasteiger partial charge in [0.25, 0.3) is 0 Å². The third kappa shape index (κ3) is 14.3. The van der Waals surface area contributed by atoms with Crippen LogP contribution < -0.4 is 0 Å². The van der Waals surface area contributed by atoms with Crippen molar-refractivity contribution in [2.75, 3.05) is 7.11 Å². The molecule has 0 aromatic heterocycles. The molecule has 0 heterocycles. The van der Waals surface area contributed by atoms with Crippen molar-refractivity contribution in [3.8, 4) is 0 Å². The number of rotatable bonds is 8. The monoisotopic (exact) mass is 1450 g/mol. The Morgan fingerprint density at radius 2 is 0.716 bits per heavy atom. The third-order valence-corrected chi connectivity index (χ3v) is 20.4. The molecule has 0 fully saturated rings. The van der Waals surface area contributed by atoms with Crippen LogP contribution in [0.1, 0.15) is 105 Å². The van der Waals surface area contributed by atoms with Crippen molar-refractivity contribution >= 4 is 102 Å². The Hall–Kier alpha value is -4.75. The summed E-state index contributed by atoms with van der Waals surface area (Å²) in [4.78, 5) is 12.1. The van der Waals surface area contributed by atoms with E-state index in [9.17, 15) is 9.90 Å². The molecule has 21 rings (SSSR count). The highest BCUT2D eigenvalue weighted by Gasteiger charge is 2.38. The van der Waals surface area contributed by atoms with Gasteiger partial charge in [-0.1, -0.05) is 235 Å². The highest BCUT2D eigenvalue weighted by atomic mass is 79.9. The second-order valence-electron chi connectivity index (χ2n) is 21.0. The lowest BCUT2D eigenvalue weighted by molar-refractivity contribution is -0.000113. The first-order valence-corrected chi connectivity index (χ1v) is 32.4. The standard InChI is InChI=1S/C36H30Br2O.C18H16Br2O2.C17H16Br2O/c37-34-22-26-16-18-27(34)20-21-28-24-35(38)29(19-17-26)23-30(28)25-39-36(31-10-4-1-5-11-31,32-12-6-2-7-13-32)33-14-8-3-9-15-33;1-22-18(21)15-9-14-5-3-11-2-4-12(16(19)8-11)6-7-13(15)10-17(14)20;18-16-7-11-1-3-12(16)5-6-13-9-17(19)14(4-2-11)8-15(13)10-20/h1-16,18,22-24H,17,19-21,25H2;2,4,8-10H,3,5-7H2,1H3;1,3,7-9,20H,2,4-6,10H2. The summed E-state index contributed by atoms with van der Waals surface area (Å²) < 4.78 is 19.2. The molecule has 1 N–H and O–H groups in total. The van der Waals surface area contributed by atoms with E-state index in [1.165, 1.54) is 86.2 Å². The minimum Gasteiger partial charge on any atom is -0.465 e. The van der Waals surface area contributed by atoms with Gasteiger partial charge >= 0.3 is 5.97 Å². The second-order valence-corrected chi connectivity index (χ2v) is 26.1. The maximum Gasteiger partial charge on any atom is 0.338 e. The normalized spacial score (nSPS) is 13.5. The van der Waals surface area contributed by atoms with Crippen LogP contribution in [0.25, 0.3) is 0 Å². The molecule has 0 spiro atoms. The molecule has 12 aliphatic carbocycles. The average molecular weight is 1460 g/mol. The SMILES string of the molecule is Brc1cc2c(COC(c3ccccc3)(c3ccccc3)c3ccccc3)cc1CCc1ccc(c(Br)c1)CC2.COC(=O)c1cc2c(Br)cc1CCc1ccc(cc1Br)CC2.OCc1cc2c(Br)cc1CCc1ccc(cc1Br)CC2. The number of hydrogen-bond acceptors (Lipinski definition) is 4. The first-order valence-electron chi connectivity index (χ1n) is 27.6. The fourth-order valence-corrected chi connectivity index (χ4v) is 15.0. The molecule has 0 amide bonds. The topological polar surface area (TPSA) is 55.8 Å². The molecule has 9 aromatic carbocycles. The van der Waals surface area contributed by atoms with Gasteiger partial charge in [0.05, 0.1) is 25.9 Å². The van der Waals surface area contributed by atoms with E-state index in [2.05, 4.69) is 272 Å². The van der Waals surface area contributed by atoms with Crippen LogP contribution in [-0.2, 0) is 105 Å². The van der Waals surface area contributed by atoms with Gasteiger partial charge in [-0.2, -0.15) is 0 Å². The van der Waals surface area contributed by atoms with E-state index in [1.807, 2.05) is 6.07 Å². The maximum absolute atomic E-state index is 12.1. The minimum absolute atomic E-state index is 0.119. The fourth-order valence-electron chi connectivity index (χ4n) is 11.4. The average Bonchev–Trinajstić information content (AvgIpc) is 3.68. The quantitative estimate of drug-likeness (QED) is 0.122. The van der Waals surface area contributed by atoms with Crippen LogP contribution in [0.5, 0.6) is 0 Å². The molecule has 12 aliphatic rings. The number of benzene rings is 9. The number of ether oxygens (including phenoxy) is 2. The number of hydrogen-bond donors (Lipinski definition) is 1. The number of esters is 1. The van der Waals surface area contributed by atoms with E-state index >= 15 is 0 Å². The first-order chi connectivity index (χ1) is 39.4. The highest BCUT2D eigenvalue weighted by molar-refractivity contribution is 9.11. The molecule has 412 valence electrons. The summed E-state index contributed by atoms with van der Waals surface area (Å²) >= 11 is 22.4. The molecule has 0 unspecified atom stereocenters. The Kier molecular flexibility index (Phi) is 20.4. The summed E-state index contributed by atoms with van der Waals surface area (Å²) in [5.41, 5.74) is 20.9.